The van der Waals surface area contributed by atoms with Crippen molar-refractivity contribution in [3.05, 3.63) is 0 Å². The van der Waals surface area contributed by atoms with Gasteiger partial charge in [0.25, 0.3) is 5.91 Å². The van der Waals surface area contributed by atoms with E-state index in [9.17, 15) is 32.7 Å². The zero-order chi connectivity index (χ0) is 15.9. The van der Waals surface area contributed by atoms with Gasteiger partial charge in [0.2, 0.25) is 5.54 Å². The molecule has 1 fully saturated rings. The second-order valence-electron chi connectivity index (χ2n) is 4.71. The van der Waals surface area contributed by atoms with Crippen LogP contribution in [0.15, 0.2) is 0 Å². The monoisotopic (exact) mass is 298 g/mol. The maximum Gasteiger partial charge on any atom is 0.420 e. The molecule has 1 rings (SSSR count). The summed E-state index contributed by atoms with van der Waals surface area (Å²) in [6.45, 7) is 0.471. The largest absolute Gasteiger partial charge is 0.467 e. The third-order valence-corrected chi connectivity index (χ3v) is 2.93. The molecule has 0 saturated carbocycles. The van der Waals surface area contributed by atoms with E-state index in [2.05, 4.69) is 4.74 Å². The topological polar surface area (TPSA) is 95.9 Å². The van der Waals surface area contributed by atoms with Crippen LogP contribution in [0.5, 0.6) is 0 Å². The van der Waals surface area contributed by atoms with Gasteiger partial charge < -0.3 is 15.2 Å². The molecule has 114 valence electrons. The van der Waals surface area contributed by atoms with E-state index >= 15 is 0 Å². The number of methoxy groups -OCH3 is 1. The van der Waals surface area contributed by atoms with E-state index < -0.39 is 41.8 Å². The molecular formula is C10H13F3N2O5. The summed E-state index contributed by atoms with van der Waals surface area (Å²) < 4.78 is 42.6. The summed E-state index contributed by atoms with van der Waals surface area (Å²) >= 11 is 0. The summed E-state index contributed by atoms with van der Waals surface area (Å²) in [5.41, 5.74) is -5.39. The molecule has 0 aliphatic carbocycles. The SMILES string of the molecule is COC(=O)C(C)(O)CN1C(=O)NC(C)(C(F)(F)F)C1=O. The molecule has 1 aliphatic heterocycles. The minimum Gasteiger partial charge on any atom is -0.467 e. The van der Waals surface area contributed by atoms with Crippen LogP contribution in [0.4, 0.5) is 18.0 Å². The Bertz CT molecular complexity index is 462. The number of hydrogen-bond acceptors (Lipinski definition) is 5. The second-order valence-corrected chi connectivity index (χ2v) is 4.71. The van der Waals surface area contributed by atoms with Crippen molar-refractivity contribution in [1.29, 1.82) is 0 Å². The van der Waals surface area contributed by atoms with Gasteiger partial charge in [0.15, 0.2) is 5.60 Å². The molecule has 7 nitrogen and oxygen atoms in total. The molecule has 2 N–H and O–H groups in total. The number of amides is 3. The van der Waals surface area contributed by atoms with Gasteiger partial charge in [0, 0.05) is 0 Å². The number of esters is 1. The zero-order valence-corrected chi connectivity index (χ0v) is 10.9. The molecule has 10 heteroatoms. The molecule has 0 aromatic carbocycles. The number of carbonyl (C=O) groups excluding carboxylic acids is 3. The summed E-state index contributed by atoms with van der Waals surface area (Å²) in [4.78, 5) is 34.6. The number of aliphatic hydroxyl groups is 1. The molecule has 1 aliphatic rings. The minimum absolute atomic E-state index is 0.129. The summed E-state index contributed by atoms with van der Waals surface area (Å²) in [7, 11) is 0.947. The Kier molecular flexibility index (Phi) is 3.74. The lowest BCUT2D eigenvalue weighted by atomic mass is 10.0. The van der Waals surface area contributed by atoms with E-state index in [0.717, 1.165) is 14.0 Å². The summed E-state index contributed by atoms with van der Waals surface area (Å²) in [5.74, 6) is -2.78. The van der Waals surface area contributed by atoms with Crippen molar-refractivity contribution >= 4 is 17.9 Å². The number of imide groups is 1. The van der Waals surface area contributed by atoms with Crippen LogP contribution in [0.25, 0.3) is 0 Å². The molecule has 0 radical (unpaired) electrons. The number of carbonyl (C=O) groups is 3. The fourth-order valence-electron chi connectivity index (χ4n) is 1.62. The molecule has 20 heavy (non-hydrogen) atoms. The fourth-order valence-corrected chi connectivity index (χ4v) is 1.62. The van der Waals surface area contributed by atoms with Crippen LogP contribution in [0, 0.1) is 0 Å². The molecule has 0 aromatic rings. The van der Waals surface area contributed by atoms with E-state index in [4.69, 9.17) is 0 Å². The highest BCUT2D eigenvalue weighted by Crippen LogP contribution is 2.35. The predicted molar refractivity (Wildman–Crippen MR) is 57.3 cm³/mol. The number of hydrogen-bond donors (Lipinski definition) is 2. The summed E-state index contributed by atoms with van der Waals surface area (Å²) in [6, 6.07) is -1.35. The maximum absolute atomic E-state index is 12.8. The quantitative estimate of drug-likeness (QED) is 0.555. The first-order valence-corrected chi connectivity index (χ1v) is 5.38. The molecule has 3 amide bonds. The maximum atomic E-state index is 12.8. The van der Waals surface area contributed by atoms with Crippen LogP contribution in [-0.2, 0) is 14.3 Å². The normalized spacial score (nSPS) is 26.2. The van der Waals surface area contributed by atoms with Crippen LogP contribution in [0.1, 0.15) is 13.8 Å². The fraction of sp³-hybridized carbons (Fsp3) is 0.700. The van der Waals surface area contributed by atoms with Crippen molar-refractivity contribution in [2.24, 2.45) is 0 Å². The highest BCUT2D eigenvalue weighted by atomic mass is 19.4. The van der Waals surface area contributed by atoms with Gasteiger partial charge >= 0.3 is 18.2 Å². The average molecular weight is 298 g/mol. The standard InChI is InChI=1S/C10H13F3N2O5/c1-8(19,6(17)20-3)4-15-5(16)9(2,10(11,12)13)14-7(15)18/h19H,4H2,1-3H3,(H,14,18). The third-order valence-electron chi connectivity index (χ3n) is 2.93. The van der Waals surface area contributed by atoms with Crippen molar-refractivity contribution in [2.45, 2.75) is 31.2 Å². The smallest absolute Gasteiger partial charge is 0.420 e. The third kappa shape index (κ3) is 2.42. The average Bonchev–Trinajstić information content (AvgIpc) is 2.52. The van der Waals surface area contributed by atoms with Gasteiger partial charge in [-0.15, -0.1) is 0 Å². The van der Waals surface area contributed by atoms with E-state index in [1.54, 1.807) is 0 Å². The summed E-state index contributed by atoms with van der Waals surface area (Å²) in [6.07, 6.45) is -5.01. The van der Waals surface area contributed by atoms with Gasteiger partial charge in [-0.25, -0.2) is 9.59 Å². The molecule has 0 spiro atoms. The van der Waals surface area contributed by atoms with Gasteiger partial charge in [-0.2, -0.15) is 13.2 Å². The van der Waals surface area contributed by atoms with E-state index in [-0.39, 0.29) is 4.90 Å². The molecule has 1 saturated heterocycles. The molecule has 2 atom stereocenters. The number of rotatable bonds is 3. The van der Waals surface area contributed by atoms with E-state index in [1.807, 2.05) is 0 Å². The Labute approximate surface area is 111 Å². The van der Waals surface area contributed by atoms with Gasteiger partial charge in [-0.05, 0) is 13.8 Å². The Morgan fingerprint density at radius 2 is 1.95 bits per heavy atom. The summed E-state index contributed by atoms with van der Waals surface area (Å²) in [5, 5.41) is 11.2. The van der Waals surface area contributed by atoms with Crippen LogP contribution >= 0.6 is 0 Å². The Morgan fingerprint density at radius 3 is 2.30 bits per heavy atom. The number of urea groups is 1. The van der Waals surface area contributed by atoms with Gasteiger partial charge in [0.05, 0.1) is 13.7 Å². The van der Waals surface area contributed by atoms with Crippen molar-refractivity contribution in [3.63, 3.8) is 0 Å². The lowest BCUT2D eigenvalue weighted by molar-refractivity contribution is -0.191. The zero-order valence-electron chi connectivity index (χ0n) is 10.9. The van der Waals surface area contributed by atoms with Crippen molar-refractivity contribution in [1.82, 2.24) is 10.2 Å². The van der Waals surface area contributed by atoms with Crippen molar-refractivity contribution < 1.29 is 37.4 Å². The Balaban J connectivity index is 3.03. The van der Waals surface area contributed by atoms with Crippen molar-refractivity contribution in [3.8, 4) is 0 Å². The molecule has 2 unspecified atom stereocenters. The number of ether oxygens (including phenoxy) is 1. The van der Waals surface area contributed by atoms with Crippen LogP contribution in [0.3, 0.4) is 0 Å². The number of alkyl halides is 3. The number of nitrogens with zero attached hydrogens (tertiary/aromatic N) is 1. The van der Waals surface area contributed by atoms with E-state index in [0.29, 0.717) is 6.92 Å². The molecule has 1 heterocycles. The number of nitrogens with one attached hydrogen (secondary N) is 1. The predicted octanol–water partition coefficient (Wildman–Crippen LogP) is -0.217. The minimum atomic E-state index is -5.01. The van der Waals surface area contributed by atoms with Gasteiger partial charge in [-0.1, -0.05) is 0 Å². The first-order valence-electron chi connectivity index (χ1n) is 5.38. The lowest BCUT2D eigenvalue weighted by Gasteiger charge is -2.27. The Hall–Kier alpha value is -1.84. The van der Waals surface area contributed by atoms with Gasteiger partial charge in [-0.3, -0.25) is 9.69 Å². The first kappa shape index (κ1) is 16.2. The highest BCUT2D eigenvalue weighted by Gasteiger charge is 2.65. The van der Waals surface area contributed by atoms with Crippen LogP contribution < -0.4 is 5.32 Å². The molecular weight excluding hydrogens is 285 g/mol. The highest BCUT2D eigenvalue weighted by molar-refractivity contribution is 6.07. The van der Waals surface area contributed by atoms with Crippen LogP contribution in [0.2, 0.25) is 0 Å². The molecule has 0 aromatic heterocycles. The lowest BCUT2D eigenvalue weighted by Crippen LogP contribution is -2.57. The van der Waals surface area contributed by atoms with Crippen molar-refractivity contribution in [2.75, 3.05) is 13.7 Å². The van der Waals surface area contributed by atoms with Gasteiger partial charge in [0.1, 0.15) is 0 Å². The second kappa shape index (κ2) is 4.62. The number of halogens is 3. The Morgan fingerprint density at radius 1 is 1.45 bits per heavy atom. The first-order chi connectivity index (χ1) is 8.87. The molecule has 0 bridgehead atoms. The van der Waals surface area contributed by atoms with Crippen LogP contribution in [-0.4, -0.2) is 58.9 Å². The van der Waals surface area contributed by atoms with E-state index in [1.165, 1.54) is 5.32 Å². The number of β-amino-alcohol motifs (C(OH)–C–C–N with tert-alkyl or cyclic N) is 1.